The molecular weight excluding hydrogens is 479 g/mol. The first-order valence-electron chi connectivity index (χ1n) is 13.2. The van der Waals surface area contributed by atoms with Crippen LogP contribution >= 0.6 is 11.6 Å². The number of rotatable bonds is 6. The predicted molar refractivity (Wildman–Crippen MR) is 138 cm³/mol. The van der Waals surface area contributed by atoms with Crippen LogP contribution in [0.15, 0.2) is 30.3 Å². The number of fused-ring (bicyclic) bond motifs is 4. The molecule has 36 heavy (non-hydrogen) atoms. The zero-order chi connectivity index (χ0) is 25.2. The van der Waals surface area contributed by atoms with Crippen molar-refractivity contribution in [2.24, 2.45) is 17.3 Å². The minimum atomic E-state index is -0.905. The zero-order valence-electron chi connectivity index (χ0n) is 21.0. The SMILES string of the molecule is CC1(C)Cc2cc(-c3ccc(OCC4CC4)c(Cl)c3)c(F)cc2[C@@H]1N(C(=O)O)[C@@H]1CN2CCC1CC2. The summed E-state index contributed by atoms with van der Waals surface area (Å²) in [6, 6.07) is 8.49. The molecule has 2 aromatic rings. The molecule has 0 radical (unpaired) electrons. The lowest BCUT2D eigenvalue weighted by atomic mass is 9.79. The highest BCUT2D eigenvalue weighted by atomic mass is 35.5. The molecule has 0 unspecified atom stereocenters. The Morgan fingerprint density at radius 2 is 1.94 bits per heavy atom. The van der Waals surface area contributed by atoms with Crippen LogP contribution in [0.1, 0.15) is 56.7 Å². The molecule has 2 atom stereocenters. The standard InChI is InChI=1S/C29H34ClFN2O3/c1-29(2)14-20-11-21(19-5-6-26(23(30)12-19)36-16-17-3-4-17)24(31)13-22(20)27(29)33(28(34)35)25-15-32-9-7-18(25)8-10-32/h5-6,11-13,17-18,25,27H,3-4,7-10,14-16H2,1-2H3,(H,34,35)/t25-,27+/m1/s1. The fourth-order valence-electron chi connectivity index (χ4n) is 6.77. The molecule has 0 aromatic heterocycles. The van der Waals surface area contributed by atoms with E-state index in [1.54, 1.807) is 17.0 Å². The van der Waals surface area contributed by atoms with Crippen molar-refractivity contribution in [3.63, 3.8) is 0 Å². The molecule has 1 amide bonds. The van der Waals surface area contributed by atoms with E-state index in [0.717, 1.165) is 43.6 Å². The topological polar surface area (TPSA) is 53.0 Å². The third-order valence-corrected chi connectivity index (χ3v) is 9.10. The van der Waals surface area contributed by atoms with Crippen molar-refractivity contribution in [2.75, 3.05) is 26.2 Å². The minimum Gasteiger partial charge on any atom is -0.492 e. The van der Waals surface area contributed by atoms with E-state index < -0.39 is 6.09 Å². The van der Waals surface area contributed by atoms with Crippen molar-refractivity contribution in [3.8, 4) is 16.9 Å². The van der Waals surface area contributed by atoms with Gasteiger partial charge in [-0.15, -0.1) is 0 Å². The first-order chi connectivity index (χ1) is 17.2. The molecule has 3 heterocycles. The second-order valence-corrected chi connectivity index (χ2v) is 12.3. The molecule has 3 aliphatic heterocycles. The number of carbonyl (C=O) groups is 1. The zero-order valence-corrected chi connectivity index (χ0v) is 21.7. The van der Waals surface area contributed by atoms with Gasteiger partial charge in [0.05, 0.1) is 23.7 Å². The second kappa shape index (κ2) is 8.91. The summed E-state index contributed by atoms with van der Waals surface area (Å²) in [6.07, 6.45) is 4.25. The van der Waals surface area contributed by atoms with Gasteiger partial charge < -0.3 is 14.7 Å². The Morgan fingerprint density at radius 3 is 2.56 bits per heavy atom. The number of carboxylic acid groups (broad SMARTS) is 1. The summed E-state index contributed by atoms with van der Waals surface area (Å²) in [4.78, 5) is 16.7. The van der Waals surface area contributed by atoms with Gasteiger partial charge in [-0.05, 0) is 103 Å². The molecule has 2 aliphatic carbocycles. The second-order valence-electron chi connectivity index (χ2n) is 11.9. The maximum Gasteiger partial charge on any atom is 0.408 e. The Labute approximate surface area is 217 Å². The Morgan fingerprint density at radius 1 is 1.19 bits per heavy atom. The summed E-state index contributed by atoms with van der Waals surface area (Å²) in [6.45, 7) is 7.74. The number of piperidine rings is 3. The van der Waals surface area contributed by atoms with E-state index in [2.05, 4.69) is 18.7 Å². The molecule has 1 saturated carbocycles. The normalized spacial score (nSPS) is 28.1. The highest BCUT2D eigenvalue weighted by molar-refractivity contribution is 6.32. The lowest BCUT2D eigenvalue weighted by Gasteiger charge is -2.51. The van der Waals surface area contributed by atoms with Crippen molar-refractivity contribution >= 4 is 17.7 Å². The van der Waals surface area contributed by atoms with Crippen LogP contribution in [0, 0.1) is 23.1 Å². The summed E-state index contributed by atoms with van der Waals surface area (Å²) in [5, 5.41) is 10.9. The van der Waals surface area contributed by atoms with Crippen LogP contribution in [-0.4, -0.2) is 53.3 Å². The van der Waals surface area contributed by atoms with Gasteiger partial charge in [0.15, 0.2) is 0 Å². The average Bonchev–Trinajstić information content (AvgIpc) is 3.63. The Balaban J connectivity index is 1.33. The van der Waals surface area contributed by atoms with Crippen molar-refractivity contribution in [1.29, 1.82) is 0 Å². The summed E-state index contributed by atoms with van der Waals surface area (Å²) < 4.78 is 21.5. The van der Waals surface area contributed by atoms with Gasteiger partial charge in [-0.25, -0.2) is 9.18 Å². The maximum absolute atomic E-state index is 15.7. The quantitative estimate of drug-likeness (QED) is 0.472. The third-order valence-electron chi connectivity index (χ3n) is 8.80. The van der Waals surface area contributed by atoms with Crippen LogP contribution < -0.4 is 4.74 Å². The van der Waals surface area contributed by atoms with Crippen molar-refractivity contribution < 1.29 is 19.0 Å². The lowest BCUT2D eigenvalue weighted by Crippen LogP contribution is -2.60. The van der Waals surface area contributed by atoms with E-state index in [4.69, 9.17) is 16.3 Å². The minimum absolute atomic E-state index is 0.0510. The first-order valence-corrected chi connectivity index (χ1v) is 13.6. The van der Waals surface area contributed by atoms with E-state index in [1.165, 1.54) is 12.8 Å². The third kappa shape index (κ3) is 4.26. The molecule has 5 nitrogen and oxygen atoms in total. The number of nitrogens with zero attached hydrogens (tertiary/aromatic N) is 2. The molecule has 4 fully saturated rings. The van der Waals surface area contributed by atoms with Crippen LogP contribution in [0.5, 0.6) is 5.75 Å². The van der Waals surface area contributed by atoms with Crippen LogP contribution in [0.2, 0.25) is 5.02 Å². The van der Waals surface area contributed by atoms with Gasteiger partial charge >= 0.3 is 6.09 Å². The largest absolute Gasteiger partial charge is 0.492 e. The monoisotopic (exact) mass is 512 g/mol. The fraction of sp³-hybridized carbons (Fsp3) is 0.552. The van der Waals surface area contributed by atoms with E-state index >= 15 is 4.39 Å². The molecule has 5 aliphatic rings. The van der Waals surface area contributed by atoms with Gasteiger partial charge in [0.2, 0.25) is 0 Å². The number of hydrogen-bond donors (Lipinski definition) is 1. The first kappa shape index (κ1) is 24.1. The molecule has 2 aromatic carbocycles. The van der Waals surface area contributed by atoms with Gasteiger partial charge in [0, 0.05) is 12.1 Å². The van der Waals surface area contributed by atoms with E-state index in [1.807, 2.05) is 18.2 Å². The Hall–Kier alpha value is -2.31. The lowest BCUT2D eigenvalue weighted by molar-refractivity contribution is -0.0267. The number of hydrogen-bond acceptors (Lipinski definition) is 3. The van der Waals surface area contributed by atoms with Gasteiger partial charge in [0.1, 0.15) is 11.6 Å². The molecule has 0 spiro atoms. The van der Waals surface area contributed by atoms with E-state index in [-0.39, 0.29) is 23.3 Å². The summed E-state index contributed by atoms with van der Waals surface area (Å²) >= 11 is 6.49. The van der Waals surface area contributed by atoms with Gasteiger partial charge in [-0.3, -0.25) is 4.90 Å². The molecular formula is C29H34ClFN2O3. The number of halogens is 2. The summed E-state index contributed by atoms with van der Waals surface area (Å²) in [5.41, 5.74) is 2.67. The van der Waals surface area contributed by atoms with E-state index in [9.17, 15) is 9.90 Å². The number of amides is 1. The highest BCUT2D eigenvalue weighted by Gasteiger charge is 2.50. The van der Waals surface area contributed by atoms with Crippen LogP contribution in [-0.2, 0) is 6.42 Å². The van der Waals surface area contributed by atoms with Gasteiger partial charge in [-0.1, -0.05) is 31.5 Å². The molecule has 192 valence electrons. The van der Waals surface area contributed by atoms with Crippen molar-refractivity contribution in [1.82, 2.24) is 9.80 Å². The van der Waals surface area contributed by atoms with Crippen molar-refractivity contribution in [3.05, 3.63) is 52.3 Å². The maximum atomic E-state index is 15.7. The smallest absolute Gasteiger partial charge is 0.408 e. The predicted octanol–water partition coefficient (Wildman–Crippen LogP) is 6.63. The summed E-state index contributed by atoms with van der Waals surface area (Å²) in [5.74, 6) is 1.28. The Kier molecular flexibility index (Phi) is 5.95. The number of ether oxygens (including phenoxy) is 1. The van der Waals surface area contributed by atoms with Crippen LogP contribution in [0.25, 0.3) is 11.1 Å². The van der Waals surface area contributed by atoms with Crippen LogP contribution in [0.4, 0.5) is 9.18 Å². The average molecular weight is 513 g/mol. The molecule has 3 saturated heterocycles. The van der Waals surface area contributed by atoms with Gasteiger partial charge in [0.25, 0.3) is 0 Å². The molecule has 7 heteroatoms. The van der Waals surface area contributed by atoms with Gasteiger partial charge in [-0.2, -0.15) is 0 Å². The van der Waals surface area contributed by atoms with Crippen molar-refractivity contribution in [2.45, 2.75) is 58.0 Å². The summed E-state index contributed by atoms with van der Waals surface area (Å²) in [7, 11) is 0. The number of benzene rings is 2. The molecule has 7 rings (SSSR count). The fourth-order valence-corrected chi connectivity index (χ4v) is 7.00. The molecule has 2 bridgehead atoms. The van der Waals surface area contributed by atoms with Crippen LogP contribution in [0.3, 0.4) is 0 Å². The highest BCUT2D eigenvalue weighted by Crippen LogP contribution is 2.52. The van der Waals surface area contributed by atoms with E-state index in [0.29, 0.717) is 46.8 Å². The molecule has 1 N–H and O–H groups in total. The Bertz CT molecular complexity index is 1190.